The maximum Gasteiger partial charge on any atom is 0.410 e. The minimum Gasteiger partial charge on any atom is -0.475 e. The van der Waals surface area contributed by atoms with Crippen molar-refractivity contribution in [3.05, 3.63) is 41.7 Å². The molecule has 0 radical (unpaired) electrons. The molecule has 7 nitrogen and oxygen atoms in total. The average Bonchev–Trinajstić information content (AvgIpc) is 3.04. The zero-order valence-corrected chi connectivity index (χ0v) is 22.3. The first-order chi connectivity index (χ1) is 15.4. The zero-order chi connectivity index (χ0) is 25.5. The van der Waals surface area contributed by atoms with Gasteiger partial charge in [0.05, 0.1) is 23.0 Å². The average molecular weight is 459 g/mol. The van der Waals surface area contributed by atoms with Gasteiger partial charge in [0, 0.05) is 20.3 Å². The molecule has 0 saturated carbocycles. The number of aromatic nitrogens is 3. The first-order valence-corrected chi connectivity index (χ1v) is 11.6. The number of aryl methyl sites for hydroxylation is 3. The van der Waals surface area contributed by atoms with Gasteiger partial charge in [-0.05, 0) is 64.7 Å². The molecule has 2 aromatic rings. The van der Waals surface area contributed by atoms with Crippen LogP contribution in [0.5, 0.6) is 5.88 Å². The van der Waals surface area contributed by atoms with Crippen LogP contribution in [0, 0.1) is 13.8 Å². The van der Waals surface area contributed by atoms with Crippen LogP contribution in [0.1, 0.15) is 71.2 Å². The largest absolute Gasteiger partial charge is 0.475 e. The molecule has 184 valence electrons. The Morgan fingerprint density at radius 1 is 1.27 bits per heavy atom. The molecule has 0 spiro atoms. The van der Waals surface area contributed by atoms with Crippen LogP contribution in [0.3, 0.4) is 0 Å². The van der Waals surface area contributed by atoms with Gasteiger partial charge in [0.15, 0.2) is 0 Å². The van der Waals surface area contributed by atoms with Gasteiger partial charge in [-0.15, -0.1) is 6.58 Å². The second-order valence-corrected chi connectivity index (χ2v) is 9.09. The van der Waals surface area contributed by atoms with E-state index in [2.05, 4.69) is 29.7 Å². The van der Waals surface area contributed by atoms with Crippen LogP contribution >= 0.6 is 0 Å². The molecular formula is C26H42N4O3. The van der Waals surface area contributed by atoms with Crippen molar-refractivity contribution in [1.82, 2.24) is 19.7 Å². The number of likely N-dealkylation sites (N-methyl/N-ethyl adjacent to an activating group) is 1. The Kier molecular flexibility index (Phi) is 10.1. The Morgan fingerprint density at radius 3 is 2.42 bits per heavy atom. The van der Waals surface area contributed by atoms with Crippen molar-refractivity contribution in [2.24, 2.45) is 7.05 Å². The number of allylic oxidation sites excluding steroid dienone is 1. The van der Waals surface area contributed by atoms with Crippen LogP contribution in [-0.4, -0.2) is 51.1 Å². The quantitative estimate of drug-likeness (QED) is 0.473. The van der Waals surface area contributed by atoms with Crippen molar-refractivity contribution in [3.63, 3.8) is 0 Å². The van der Waals surface area contributed by atoms with Crippen LogP contribution in [0.4, 0.5) is 4.79 Å². The third kappa shape index (κ3) is 7.34. The fourth-order valence-electron chi connectivity index (χ4n) is 3.22. The molecule has 2 atom stereocenters. The zero-order valence-electron chi connectivity index (χ0n) is 22.3. The highest BCUT2D eigenvalue weighted by atomic mass is 16.6. The molecule has 0 aliphatic rings. The topological polar surface area (TPSA) is 69.5 Å². The second kappa shape index (κ2) is 11.9. The fraction of sp³-hybridized carbons (Fsp3) is 0.577. The summed E-state index contributed by atoms with van der Waals surface area (Å²) in [5.74, 6) is 0.834. The summed E-state index contributed by atoms with van der Waals surface area (Å²) < 4.78 is 13.3. The second-order valence-electron chi connectivity index (χ2n) is 9.09. The van der Waals surface area contributed by atoms with Gasteiger partial charge in [-0.2, -0.15) is 5.10 Å². The minimum atomic E-state index is -0.546. The van der Waals surface area contributed by atoms with E-state index in [9.17, 15) is 4.79 Å². The van der Waals surface area contributed by atoms with E-state index >= 15 is 0 Å². The van der Waals surface area contributed by atoms with E-state index in [0.717, 1.165) is 22.5 Å². The Morgan fingerprint density at radius 2 is 1.88 bits per heavy atom. The molecule has 0 saturated heterocycles. The lowest BCUT2D eigenvalue weighted by Crippen LogP contribution is -2.42. The smallest absolute Gasteiger partial charge is 0.410 e. The lowest BCUT2D eigenvalue weighted by molar-refractivity contribution is 0.0192. The summed E-state index contributed by atoms with van der Waals surface area (Å²) in [4.78, 5) is 18.5. The summed E-state index contributed by atoms with van der Waals surface area (Å²) >= 11 is 0. The van der Waals surface area contributed by atoms with E-state index in [0.29, 0.717) is 12.5 Å². The monoisotopic (exact) mass is 458 g/mol. The molecule has 2 aromatic heterocycles. The van der Waals surface area contributed by atoms with Crippen molar-refractivity contribution in [2.45, 2.75) is 79.9 Å². The van der Waals surface area contributed by atoms with Gasteiger partial charge < -0.3 is 14.4 Å². The first kappa shape index (κ1) is 28.2. The molecule has 33 heavy (non-hydrogen) atoms. The molecular weight excluding hydrogens is 416 g/mol. The highest BCUT2D eigenvalue weighted by Crippen LogP contribution is 2.34. The van der Waals surface area contributed by atoms with Crippen LogP contribution in [0.2, 0.25) is 0 Å². The standard InChI is InChI=1S/C24H36N4O3.C2H6/c1-11-15(2)19-12-20(25-13-16(19)3)21-18(5)26-28(10)22(21)30-14-17(4)27(9)23(29)31-24(6,7)8;1-2/h11-13,15,17H,1,14H2,2-10H3;1-2H3. The Labute approximate surface area is 199 Å². The van der Waals surface area contributed by atoms with Gasteiger partial charge in [0.2, 0.25) is 5.88 Å². The highest BCUT2D eigenvalue weighted by Gasteiger charge is 2.25. The molecule has 0 aromatic carbocycles. The lowest BCUT2D eigenvalue weighted by Gasteiger charge is -2.28. The summed E-state index contributed by atoms with van der Waals surface area (Å²) in [6.45, 7) is 21.8. The van der Waals surface area contributed by atoms with Crippen molar-refractivity contribution in [3.8, 4) is 17.1 Å². The number of ether oxygens (including phenoxy) is 2. The number of amides is 1. The fourth-order valence-corrected chi connectivity index (χ4v) is 3.22. The normalized spacial score (nSPS) is 12.8. The van der Waals surface area contributed by atoms with E-state index in [4.69, 9.17) is 9.47 Å². The molecule has 2 rings (SSSR count). The molecule has 2 unspecified atom stereocenters. The van der Waals surface area contributed by atoms with Crippen LogP contribution in [-0.2, 0) is 11.8 Å². The van der Waals surface area contributed by atoms with Gasteiger partial charge in [0.1, 0.15) is 12.2 Å². The maximum absolute atomic E-state index is 12.3. The third-order valence-corrected chi connectivity index (χ3v) is 5.22. The van der Waals surface area contributed by atoms with E-state index in [1.54, 1.807) is 16.6 Å². The van der Waals surface area contributed by atoms with Crippen molar-refractivity contribution in [1.29, 1.82) is 0 Å². The number of carbonyl (C=O) groups excluding carboxylic acids is 1. The van der Waals surface area contributed by atoms with E-state index in [-0.39, 0.29) is 18.1 Å². The molecule has 2 heterocycles. The molecule has 0 aliphatic carbocycles. The lowest BCUT2D eigenvalue weighted by atomic mass is 9.96. The Bertz CT molecular complexity index is 944. The minimum absolute atomic E-state index is 0.194. The van der Waals surface area contributed by atoms with Crippen LogP contribution < -0.4 is 4.74 Å². The highest BCUT2D eigenvalue weighted by molar-refractivity contribution is 5.69. The SMILES string of the molecule is C=CC(C)c1cc(-c2c(C)nn(C)c2OCC(C)N(C)C(=O)OC(C)(C)C)ncc1C.CC. The summed E-state index contributed by atoms with van der Waals surface area (Å²) in [5, 5.41) is 4.54. The summed E-state index contributed by atoms with van der Waals surface area (Å²) in [7, 11) is 3.55. The predicted molar refractivity (Wildman–Crippen MR) is 135 cm³/mol. The van der Waals surface area contributed by atoms with Crippen LogP contribution in [0.25, 0.3) is 11.3 Å². The number of hydrogen-bond acceptors (Lipinski definition) is 5. The number of carbonyl (C=O) groups is 1. The molecule has 0 fully saturated rings. The number of rotatable bonds is 7. The Hall–Kier alpha value is -2.83. The molecule has 0 N–H and O–H groups in total. The molecule has 7 heteroatoms. The molecule has 0 bridgehead atoms. The molecule has 0 aliphatic heterocycles. The first-order valence-electron chi connectivity index (χ1n) is 11.6. The number of nitrogens with zero attached hydrogens (tertiary/aromatic N) is 4. The van der Waals surface area contributed by atoms with Crippen LogP contribution in [0.15, 0.2) is 24.9 Å². The van der Waals surface area contributed by atoms with Gasteiger partial charge in [-0.3, -0.25) is 4.98 Å². The predicted octanol–water partition coefficient (Wildman–Crippen LogP) is 6.05. The van der Waals surface area contributed by atoms with Gasteiger partial charge >= 0.3 is 6.09 Å². The van der Waals surface area contributed by atoms with E-state index in [1.165, 1.54) is 5.56 Å². The number of hydrogen-bond donors (Lipinski definition) is 0. The van der Waals surface area contributed by atoms with Gasteiger partial charge in [-0.1, -0.05) is 26.8 Å². The third-order valence-electron chi connectivity index (χ3n) is 5.22. The summed E-state index contributed by atoms with van der Waals surface area (Å²) in [6.07, 6.45) is 3.42. The summed E-state index contributed by atoms with van der Waals surface area (Å²) in [6, 6.07) is 1.88. The van der Waals surface area contributed by atoms with Crippen molar-refractivity contribution < 1.29 is 14.3 Å². The number of pyridine rings is 1. The van der Waals surface area contributed by atoms with Crippen molar-refractivity contribution in [2.75, 3.05) is 13.7 Å². The van der Waals surface area contributed by atoms with Gasteiger partial charge in [0.25, 0.3) is 0 Å². The van der Waals surface area contributed by atoms with Gasteiger partial charge in [-0.25, -0.2) is 9.48 Å². The summed E-state index contributed by atoms with van der Waals surface area (Å²) in [5.41, 5.74) is 4.24. The van der Waals surface area contributed by atoms with E-state index < -0.39 is 5.60 Å². The molecule has 1 amide bonds. The Balaban J connectivity index is 0.00000265. The maximum atomic E-state index is 12.3. The van der Waals surface area contributed by atoms with Crippen molar-refractivity contribution >= 4 is 6.09 Å². The van der Waals surface area contributed by atoms with E-state index in [1.807, 2.05) is 74.7 Å².